The molecule has 1 heterocycles. The summed E-state index contributed by atoms with van der Waals surface area (Å²) in [5.74, 6) is 0.332. The van der Waals surface area contributed by atoms with Gasteiger partial charge >= 0.3 is 5.97 Å². The zero-order valence-corrected chi connectivity index (χ0v) is 18.5. The Labute approximate surface area is 189 Å². The summed E-state index contributed by atoms with van der Waals surface area (Å²) in [6.45, 7) is 2.49. The third kappa shape index (κ3) is 5.32. The van der Waals surface area contributed by atoms with Gasteiger partial charge in [0.15, 0.2) is 0 Å². The van der Waals surface area contributed by atoms with Crippen molar-refractivity contribution in [2.24, 2.45) is 0 Å². The number of fused-ring (bicyclic) bond motifs is 1. The number of halogens is 1. The number of nitrogens with zero attached hydrogens (tertiary/aromatic N) is 1. The number of hydrogen-bond acceptors (Lipinski definition) is 5. The van der Waals surface area contributed by atoms with Gasteiger partial charge in [-0.2, -0.15) is 0 Å². The third-order valence-electron chi connectivity index (χ3n) is 4.54. The molecule has 4 aromatic rings. The average Bonchev–Trinajstić information content (AvgIpc) is 3.21. The molecular formula is C25H20ClNO3S. The van der Waals surface area contributed by atoms with Crippen molar-refractivity contribution in [2.75, 3.05) is 6.61 Å². The monoisotopic (exact) mass is 449 g/mol. The lowest BCUT2D eigenvalue weighted by atomic mass is 10.0. The van der Waals surface area contributed by atoms with Crippen molar-refractivity contribution in [3.63, 3.8) is 0 Å². The second-order valence-electron chi connectivity index (χ2n) is 6.72. The maximum atomic E-state index is 12.5. The number of aromatic nitrogens is 1. The lowest BCUT2D eigenvalue weighted by molar-refractivity contribution is -0.136. The molecule has 0 fully saturated rings. The van der Waals surface area contributed by atoms with Crippen LogP contribution in [0.25, 0.3) is 21.9 Å². The number of thiazole rings is 1. The maximum absolute atomic E-state index is 12.5. The molecule has 4 rings (SSSR count). The second kappa shape index (κ2) is 9.77. The first-order chi connectivity index (χ1) is 15.1. The minimum Gasteiger partial charge on any atom is -0.486 e. The molecule has 0 saturated heterocycles. The Balaban J connectivity index is 1.51. The highest BCUT2D eigenvalue weighted by molar-refractivity contribution is 7.18. The molecule has 1 aromatic heterocycles. The van der Waals surface area contributed by atoms with E-state index in [1.54, 1.807) is 36.5 Å². The molecule has 0 saturated carbocycles. The van der Waals surface area contributed by atoms with Gasteiger partial charge in [-0.05, 0) is 60.5 Å². The van der Waals surface area contributed by atoms with E-state index in [-0.39, 0.29) is 5.97 Å². The van der Waals surface area contributed by atoms with Crippen molar-refractivity contribution in [1.29, 1.82) is 0 Å². The molecule has 0 spiro atoms. The Morgan fingerprint density at radius 1 is 1.03 bits per heavy atom. The van der Waals surface area contributed by atoms with Crippen LogP contribution < -0.4 is 4.74 Å². The molecule has 0 amide bonds. The molecule has 0 aliphatic rings. The Morgan fingerprint density at radius 3 is 2.48 bits per heavy atom. The van der Waals surface area contributed by atoms with Gasteiger partial charge in [0.25, 0.3) is 0 Å². The summed E-state index contributed by atoms with van der Waals surface area (Å²) >= 11 is 7.58. The van der Waals surface area contributed by atoms with Crippen molar-refractivity contribution < 1.29 is 14.3 Å². The normalized spacial score (nSPS) is 11.5. The number of benzene rings is 3. The first kappa shape index (κ1) is 21.1. The smallest absolute Gasteiger partial charge is 0.338 e. The number of hydrogen-bond donors (Lipinski definition) is 0. The molecule has 0 unspecified atom stereocenters. The van der Waals surface area contributed by atoms with Crippen LogP contribution in [-0.4, -0.2) is 17.6 Å². The Hall–Kier alpha value is -3.15. The lowest BCUT2D eigenvalue weighted by Gasteiger charge is -2.09. The van der Waals surface area contributed by atoms with Crippen molar-refractivity contribution in [2.45, 2.75) is 13.5 Å². The van der Waals surface area contributed by atoms with Gasteiger partial charge in [0.05, 0.1) is 22.4 Å². The van der Waals surface area contributed by atoms with E-state index in [2.05, 4.69) is 11.1 Å². The molecule has 0 aliphatic carbocycles. The number of rotatable bonds is 7. The zero-order valence-electron chi connectivity index (χ0n) is 16.9. The standard InChI is InChI=1S/C25H20ClNO3S/c1-2-29-25(28)21(15-17-7-11-19(26)12-8-17)18-9-13-20(14-10-18)30-16-24-27-22-5-3-4-6-23(22)31-24/h3-15H,2,16H2,1H3. The Kier molecular flexibility index (Phi) is 6.65. The van der Waals surface area contributed by atoms with E-state index in [9.17, 15) is 4.79 Å². The zero-order chi connectivity index (χ0) is 21.6. The minimum atomic E-state index is -0.374. The van der Waals surface area contributed by atoms with E-state index in [1.807, 2.05) is 54.6 Å². The molecular weight excluding hydrogens is 430 g/mol. The highest BCUT2D eigenvalue weighted by Gasteiger charge is 2.14. The number of carbonyl (C=O) groups excluding carboxylic acids is 1. The molecule has 4 nitrogen and oxygen atoms in total. The molecule has 31 heavy (non-hydrogen) atoms. The maximum Gasteiger partial charge on any atom is 0.338 e. The number of ether oxygens (including phenoxy) is 2. The van der Waals surface area contributed by atoms with Crippen LogP contribution in [0.3, 0.4) is 0 Å². The highest BCUT2D eigenvalue weighted by Crippen LogP contribution is 2.26. The first-order valence-electron chi connectivity index (χ1n) is 9.84. The summed E-state index contributed by atoms with van der Waals surface area (Å²) in [7, 11) is 0. The Morgan fingerprint density at radius 2 is 1.77 bits per heavy atom. The summed E-state index contributed by atoms with van der Waals surface area (Å²) in [6.07, 6.45) is 1.80. The molecule has 3 aromatic carbocycles. The van der Waals surface area contributed by atoms with Gasteiger partial charge in [-0.15, -0.1) is 11.3 Å². The van der Waals surface area contributed by atoms with E-state index in [0.717, 1.165) is 26.4 Å². The van der Waals surface area contributed by atoms with Crippen LogP contribution in [0, 0.1) is 0 Å². The summed E-state index contributed by atoms with van der Waals surface area (Å²) in [5.41, 5.74) is 3.07. The van der Waals surface area contributed by atoms with Crippen LogP contribution in [0.5, 0.6) is 5.75 Å². The van der Waals surface area contributed by atoms with Crippen molar-refractivity contribution in [3.8, 4) is 5.75 Å². The van der Waals surface area contributed by atoms with E-state index in [0.29, 0.717) is 29.6 Å². The van der Waals surface area contributed by atoms with Crippen LogP contribution in [0.15, 0.2) is 72.8 Å². The fourth-order valence-electron chi connectivity index (χ4n) is 3.05. The van der Waals surface area contributed by atoms with Crippen molar-refractivity contribution in [3.05, 3.63) is 94.0 Å². The fraction of sp³-hybridized carbons (Fsp3) is 0.120. The second-order valence-corrected chi connectivity index (χ2v) is 8.27. The quantitative estimate of drug-likeness (QED) is 0.180. The van der Waals surface area contributed by atoms with Crippen LogP contribution in [0.2, 0.25) is 5.02 Å². The lowest BCUT2D eigenvalue weighted by Crippen LogP contribution is -2.07. The van der Waals surface area contributed by atoms with E-state index in [1.165, 1.54) is 0 Å². The number of esters is 1. The van der Waals surface area contributed by atoms with Gasteiger partial charge in [-0.3, -0.25) is 0 Å². The SMILES string of the molecule is CCOC(=O)C(=Cc1ccc(Cl)cc1)c1ccc(OCc2nc3ccccc3s2)cc1. The molecule has 6 heteroatoms. The largest absolute Gasteiger partial charge is 0.486 e. The predicted molar refractivity (Wildman–Crippen MR) is 126 cm³/mol. The van der Waals surface area contributed by atoms with Crippen molar-refractivity contribution in [1.82, 2.24) is 4.98 Å². The third-order valence-corrected chi connectivity index (χ3v) is 5.80. The van der Waals surface area contributed by atoms with Gasteiger partial charge in [0, 0.05) is 5.02 Å². The van der Waals surface area contributed by atoms with E-state index < -0.39 is 0 Å². The minimum absolute atomic E-state index is 0.306. The molecule has 156 valence electrons. The van der Waals surface area contributed by atoms with Gasteiger partial charge in [-0.25, -0.2) is 9.78 Å². The van der Waals surface area contributed by atoms with Crippen molar-refractivity contribution >= 4 is 50.8 Å². The highest BCUT2D eigenvalue weighted by atomic mass is 35.5. The van der Waals surface area contributed by atoms with Crippen LogP contribution in [0.1, 0.15) is 23.1 Å². The average molecular weight is 450 g/mol. The molecule has 0 aliphatic heterocycles. The predicted octanol–water partition coefficient (Wildman–Crippen LogP) is 6.63. The van der Waals surface area contributed by atoms with E-state index in [4.69, 9.17) is 21.1 Å². The topological polar surface area (TPSA) is 48.4 Å². The summed E-state index contributed by atoms with van der Waals surface area (Å²) < 4.78 is 12.3. The molecule has 0 N–H and O–H groups in total. The summed E-state index contributed by atoms with van der Waals surface area (Å²) in [4.78, 5) is 17.1. The number of carbonyl (C=O) groups is 1. The van der Waals surface area contributed by atoms with E-state index >= 15 is 0 Å². The van der Waals surface area contributed by atoms with Gasteiger partial charge in [0.1, 0.15) is 17.4 Å². The van der Waals surface area contributed by atoms with Crippen LogP contribution >= 0.6 is 22.9 Å². The van der Waals surface area contributed by atoms with Gasteiger partial charge in [0.2, 0.25) is 0 Å². The van der Waals surface area contributed by atoms with Gasteiger partial charge < -0.3 is 9.47 Å². The summed E-state index contributed by atoms with van der Waals surface area (Å²) in [5, 5.41) is 1.56. The fourth-order valence-corrected chi connectivity index (χ4v) is 4.06. The molecule has 0 atom stereocenters. The number of para-hydroxylation sites is 1. The summed E-state index contributed by atoms with van der Waals surface area (Å²) in [6, 6.07) is 22.7. The van der Waals surface area contributed by atoms with Crippen LogP contribution in [-0.2, 0) is 16.1 Å². The first-order valence-corrected chi connectivity index (χ1v) is 11.0. The van der Waals surface area contributed by atoms with Crippen LogP contribution in [0.4, 0.5) is 0 Å². The van der Waals surface area contributed by atoms with Gasteiger partial charge in [-0.1, -0.05) is 48.0 Å². The molecule has 0 bridgehead atoms. The molecule has 0 radical (unpaired) electrons. The Bertz CT molecular complexity index is 1180.